The maximum atomic E-state index is 12.2. The van der Waals surface area contributed by atoms with Crippen LogP contribution < -0.4 is 18.9 Å². The Morgan fingerprint density at radius 2 is 0.949 bits per heavy atom. The van der Waals surface area contributed by atoms with E-state index in [1.807, 2.05) is 47.6 Å². The molecule has 12 atom stereocenters. The van der Waals surface area contributed by atoms with Gasteiger partial charge in [0, 0.05) is 106 Å². The zero-order valence-electron chi connectivity index (χ0n) is 66.5. The van der Waals surface area contributed by atoms with E-state index in [1.165, 1.54) is 24.0 Å². The van der Waals surface area contributed by atoms with Gasteiger partial charge in [-0.2, -0.15) is 0 Å². The molecule has 6 unspecified atom stereocenters. The molecule has 0 radical (unpaired) electrons. The number of nitrogens with zero attached hydrogens (tertiary/aromatic N) is 2. The average Bonchev–Trinajstić information content (AvgIpc) is 0.793. The van der Waals surface area contributed by atoms with Crippen LogP contribution in [0.5, 0.6) is 0 Å². The number of ether oxygens (including phenoxy) is 7. The fourth-order valence-electron chi connectivity index (χ4n) is 19.9. The van der Waals surface area contributed by atoms with Gasteiger partial charge >= 0.3 is 18.9 Å². The van der Waals surface area contributed by atoms with Crippen molar-refractivity contribution in [2.75, 3.05) is 99.6 Å². The van der Waals surface area contributed by atoms with Crippen LogP contribution in [0.4, 0.5) is 0 Å². The summed E-state index contributed by atoms with van der Waals surface area (Å²) in [7, 11) is 1.00. The molecule has 4 saturated carbocycles. The van der Waals surface area contributed by atoms with Crippen LogP contribution in [-0.2, 0) is 47.5 Å². The van der Waals surface area contributed by atoms with E-state index in [1.54, 1.807) is 0 Å². The van der Waals surface area contributed by atoms with Gasteiger partial charge in [0.2, 0.25) is 11.4 Å². The Kier molecular flexibility index (Phi) is 33.6. The molecule has 0 aromatic heterocycles. The number of carbonyl (C=O) groups excluding carboxylic acids is 3. The van der Waals surface area contributed by atoms with E-state index in [-0.39, 0.29) is 136 Å². The Labute approximate surface area is 628 Å². The molecule has 7 heterocycles. The SMILES string of the molecule is C.C.C1CCOC1.CC1(C)C(=O)CC[C@]2(C)COCC=C12.CC1(C)C(=O)CC[C@]2(C)COCCC12.CC1(C)C(O)CC[C@]2(C)COCCC12.CC1(C)C2=CCOC[C@@]2(C)CCC1O.CO.[2H][2H].[AlH3].[C-]#[N+]C1=C(O)C(C)(C)C2CCOC[C@@]2(C)C1.[C-]#[N+]C1=C[C@]2(C)COCCC2C(C)(C)C1=O.[H-].[Li+]. The van der Waals surface area contributed by atoms with E-state index < -0.39 is 5.41 Å². The van der Waals surface area contributed by atoms with E-state index in [2.05, 4.69) is 105 Å². The van der Waals surface area contributed by atoms with Crippen molar-refractivity contribution in [3.05, 3.63) is 69.4 Å². The first-order valence-electron chi connectivity index (χ1n) is 37.0. The van der Waals surface area contributed by atoms with Gasteiger partial charge in [-0.3, -0.25) is 9.59 Å². The Morgan fingerprint density at radius 1 is 0.495 bits per heavy atom. The third-order valence-electron chi connectivity index (χ3n) is 25.8. The summed E-state index contributed by atoms with van der Waals surface area (Å²) in [5.74, 6) is 2.94. The minimum Gasteiger partial charge on any atom is -1.00 e. The number of aliphatic hydroxyl groups is 4. The van der Waals surface area contributed by atoms with Crippen molar-refractivity contribution >= 4 is 34.7 Å². The van der Waals surface area contributed by atoms with Crippen LogP contribution in [-0.4, -0.2) is 167 Å². The Morgan fingerprint density at radius 3 is 1.46 bits per heavy atom. The van der Waals surface area contributed by atoms with Gasteiger partial charge in [-0.15, -0.1) is 0 Å². The second kappa shape index (κ2) is 36.7. The van der Waals surface area contributed by atoms with Crippen molar-refractivity contribution in [3.63, 3.8) is 0 Å². The minimum atomic E-state index is -0.437. The van der Waals surface area contributed by atoms with Gasteiger partial charge in [0.05, 0.1) is 78.2 Å². The molecule has 4 N–H and O–H groups in total. The summed E-state index contributed by atoms with van der Waals surface area (Å²) in [4.78, 5) is 42.7. The predicted octanol–water partition coefficient (Wildman–Crippen LogP) is 12.5. The summed E-state index contributed by atoms with van der Waals surface area (Å²) in [6, 6.07) is 0. The summed E-state index contributed by atoms with van der Waals surface area (Å²) in [5.41, 5.74) is 3.05. The molecule has 5 saturated heterocycles. The van der Waals surface area contributed by atoms with Crippen molar-refractivity contribution in [2.45, 2.75) is 248 Å². The molecule has 13 rings (SSSR count). The quantitative estimate of drug-likeness (QED) is 0.101. The van der Waals surface area contributed by atoms with E-state index in [4.69, 9.17) is 54.4 Å². The first-order valence-corrected chi connectivity index (χ1v) is 36.0. The van der Waals surface area contributed by atoms with Crippen molar-refractivity contribution in [1.82, 2.24) is 0 Å². The number of aliphatic hydroxyl groups excluding tert-OH is 4. The van der Waals surface area contributed by atoms with Gasteiger partial charge in [-0.1, -0.05) is 155 Å². The van der Waals surface area contributed by atoms with Crippen LogP contribution in [0.2, 0.25) is 0 Å². The van der Waals surface area contributed by atoms with Crippen LogP contribution in [0.25, 0.3) is 9.69 Å². The van der Waals surface area contributed by atoms with Crippen molar-refractivity contribution < 1.29 is 91.2 Å². The molecule has 0 spiro atoms. The summed E-state index contributed by atoms with van der Waals surface area (Å²) < 4.78 is 48.1. The zero-order valence-corrected chi connectivity index (χ0v) is 63.5. The Bertz CT molecular complexity index is 2900. The smallest absolute Gasteiger partial charge is 1.00 e. The fraction of sp³-hybridized carbons (Fsp3) is 0.840. The monoisotopic (exact) mass is 1400 g/mol. The summed E-state index contributed by atoms with van der Waals surface area (Å²) in [5, 5.41) is 37.2. The molecule has 9 fully saturated rings. The van der Waals surface area contributed by atoms with E-state index >= 15 is 0 Å². The summed E-state index contributed by atoms with van der Waals surface area (Å²) in [6.07, 6.45) is 20.4. The van der Waals surface area contributed by atoms with Crippen molar-refractivity contribution in [2.24, 2.45) is 88.7 Å². The Balaban J connectivity index is 0.00000116. The van der Waals surface area contributed by atoms with Gasteiger partial charge in [0.25, 0.3) is 0 Å². The molecule has 564 valence electrons. The molecule has 0 amide bonds. The normalized spacial score (nSPS) is 37.1. The minimum absolute atomic E-state index is 0. The molecule has 0 aromatic rings. The largest absolute Gasteiger partial charge is 1.00 e. The topological polar surface area (TPSA) is 205 Å². The zero-order chi connectivity index (χ0) is 73.1. The third-order valence-corrected chi connectivity index (χ3v) is 25.8. The van der Waals surface area contributed by atoms with Crippen LogP contribution in [0.15, 0.2) is 46.5 Å². The van der Waals surface area contributed by atoms with E-state index in [0.29, 0.717) is 85.5 Å². The second-order valence-corrected chi connectivity index (χ2v) is 35.1. The third kappa shape index (κ3) is 20.0. The Hall–Kier alpha value is -2.52. The predicted molar refractivity (Wildman–Crippen MR) is 399 cm³/mol. The first-order chi connectivity index (χ1) is 45.2. The van der Waals surface area contributed by atoms with Gasteiger partial charge in [0.1, 0.15) is 17.3 Å². The van der Waals surface area contributed by atoms with Crippen LogP contribution in [0.3, 0.4) is 0 Å². The maximum absolute atomic E-state index is 12.2. The number of carbonyl (C=O) groups is 3. The fourth-order valence-corrected chi connectivity index (χ4v) is 19.9. The van der Waals surface area contributed by atoms with Crippen LogP contribution in [0.1, 0.15) is 240 Å². The van der Waals surface area contributed by atoms with E-state index in [0.717, 1.165) is 144 Å². The van der Waals surface area contributed by atoms with Gasteiger partial charge in [-0.25, -0.2) is 9.69 Å². The number of fused-ring (bicyclic) bond motifs is 6. The number of Topliss-reactive ketones (excluding diaryl/α,β-unsaturated/α-hetero) is 3. The number of allylic oxidation sites excluding steroid dienone is 3. The molecule has 0 bridgehead atoms. The van der Waals surface area contributed by atoms with Gasteiger partial charge in [0.15, 0.2) is 23.1 Å². The van der Waals surface area contributed by atoms with Crippen LogP contribution >= 0.6 is 0 Å². The van der Waals surface area contributed by atoms with Crippen LogP contribution in [0, 0.1) is 102 Å². The molecule has 6 aliphatic carbocycles. The number of rotatable bonds is 0. The number of hydrogen-bond donors (Lipinski definition) is 4. The molecule has 7 aliphatic heterocycles. The molecular formula is C81H142AlLiN2O14. The molecule has 0 aromatic carbocycles. The average molecular weight is 1400 g/mol. The number of hydrogen-bond acceptors (Lipinski definition) is 14. The molecule has 16 nitrogen and oxygen atoms in total. The van der Waals surface area contributed by atoms with Crippen molar-refractivity contribution in [3.8, 4) is 0 Å². The van der Waals surface area contributed by atoms with Gasteiger partial charge in [-0.05, 0) is 143 Å². The molecule has 99 heavy (non-hydrogen) atoms. The molecular weight excluding hydrogens is 1260 g/mol. The molecule has 13 aliphatic rings. The maximum Gasteiger partial charge on any atom is 1.00 e. The summed E-state index contributed by atoms with van der Waals surface area (Å²) in [6.45, 7) is 63.8. The summed E-state index contributed by atoms with van der Waals surface area (Å²) >= 11 is 0. The van der Waals surface area contributed by atoms with Crippen molar-refractivity contribution in [1.29, 1.82) is 0 Å². The molecule has 18 heteroatoms. The standard InChI is InChI=1S/C13H19NO2.C13H17NO2.C12H22O2.2C12H20O2.C12H18O2.C4H8O.CH4O.2CH4.Al.Li.H2.4H/c2*1-12(2)10-5-6-16-8-13(10,3)7-9(14-4)11(12)15;4*1-11(2)9-5-7-14-8-12(9,3)6-4-10(11)13;1-2-4-5-3-1;1-2;;;;;;;;;/h10,15H,5-8H2,1-3H3;7,10H,5-6,8H2,1-3H3;9-10,13H,4-8H2,1-3H3;9H,4-8H2,1-3H3;5,10,13H,4,6-8H2,1-3H3;5H,4,6-8H2,1-3H3;1-4H2;2H,1H3;2*1H4;;;1H;;;;/q;;;;;;;;;;;+1;;;;;-1/t2*10?,13-;9?,10?,12-;9?,12-;10?,12-;12-;;;;;;;;;;;/m111111.........../s1/i;;;;;;;;;;;;1+1D;;;;. The number of ketones is 3. The first kappa shape index (κ1) is 90.7. The van der Waals surface area contributed by atoms with E-state index in [9.17, 15) is 29.7 Å². The van der Waals surface area contributed by atoms with Gasteiger partial charge < -0.3 is 59.8 Å². The second-order valence-electron chi connectivity index (χ2n) is 35.1.